The largest absolute Gasteiger partial charge is 0.303 e. The van der Waals surface area contributed by atoms with Gasteiger partial charge in [-0.05, 0) is 41.3 Å². The number of pyridine rings is 1. The van der Waals surface area contributed by atoms with Crippen LogP contribution < -0.4 is 16.2 Å². The first kappa shape index (κ1) is 22.0. The zero-order valence-corrected chi connectivity index (χ0v) is 18.7. The van der Waals surface area contributed by atoms with Crippen LogP contribution in [0.1, 0.15) is 44.6 Å². The van der Waals surface area contributed by atoms with Gasteiger partial charge in [0, 0.05) is 31.7 Å². The molecule has 34 heavy (non-hydrogen) atoms. The molecule has 0 bridgehead atoms. The van der Waals surface area contributed by atoms with E-state index in [4.69, 9.17) is 5.26 Å². The molecule has 0 amide bonds. The standard InChI is InChI=1S/C27H26N6O/c28-14-20-8-6-19(7-9-20)12-13-29-26(21-4-2-1-3-5-21)27(34)24-17-32-33-18-22(10-11-25(24)33)23-15-30-31-16-23/h1-11,17-18,23,26,29-31H,12-13,15-16H2/t26-/m1/s1. The number of nitrogens with one attached hydrogen (secondary N) is 3. The molecule has 170 valence electrons. The minimum absolute atomic E-state index is 0.00187. The number of Topliss-reactive ketones (excluding diaryl/α,β-unsaturated/α-hetero) is 1. The van der Waals surface area contributed by atoms with Gasteiger partial charge in [-0.1, -0.05) is 48.5 Å². The van der Waals surface area contributed by atoms with Gasteiger partial charge in [-0.15, -0.1) is 0 Å². The van der Waals surface area contributed by atoms with Crippen LogP contribution in [0, 0.1) is 11.3 Å². The summed E-state index contributed by atoms with van der Waals surface area (Å²) in [4.78, 5) is 13.7. The molecule has 1 saturated heterocycles. The summed E-state index contributed by atoms with van der Waals surface area (Å²) in [6, 6.07) is 23.1. The van der Waals surface area contributed by atoms with Crippen molar-refractivity contribution in [1.29, 1.82) is 5.26 Å². The number of nitrogens with zero attached hydrogens (tertiary/aromatic N) is 3. The van der Waals surface area contributed by atoms with E-state index in [1.807, 2.05) is 66.9 Å². The van der Waals surface area contributed by atoms with Crippen molar-refractivity contribution < 1.29 is 4.79 Å². The molecule has 0 aliphatic carbocycles. The third-order valence-corrected chi connectivity index (χ3v) is 6.34. The van der Waals surface area contributed by atoms with Gasteiger partial charge in [0.1, 0.15) is 0 Å². The summed E-state index contributed by atoms with van der Waals surface area (Å²) in [5, 5.41) is 16.9. The summed E-state index contributed by atoms with van der Waals surface area (Å²) in [6.45, 7) is 2.37. The SMILES string of the molecule is N#Cc1ccc(CCN[C@@H](C(=O)c2cnn3cc(C4CNNC4)ccc23)c2ccccc2)cc1. The van der Waals surface area contributed by atoms with E-state index >= 15 is 0 Å². The average Bonchev–Trinajstić information content (AvgIpc) is 3.57. The van der Waals surface area contributed by atoms with Crippen molar-refractivity contribution in [2.45, 2.75) is 18.4 Å². The van der Waals surface area contributed by atoms with Gasteiger partial charge in [0.05, 0.1) is 35.0 Å². The van der Waals surface area contributed by atoms with Gasteiger partial charge >= 0.3 is 0 Å². The quantitative estimate of drug-likeness (QED) is 0.357. The van der Waals surface area contributed by atoms with Crippen molar-refractivity contribution in [3.63, 3.8) is 0 Å². The Morgan fingerprint density at radius 2 is 1.85 bits per heavy atom. The number of hydrogen-bond donors (Lipinski definition) is 3. The van der Waals surface area contributed by atoms with Crippen molar-refractivity contribution in [2.75, 3.05) is 19.6 Å². The maximum absolute atomic E-state index is 13.7. The smallest absolute Gasteiger partial charge is 0.188 e. The fourth-order valence-electron chi connectivity index (χ4n) is 4.40. The molecule has 0 unspecified atom stereocenters. The first-order valence-corrected chi connectivity index (χ1v) is 11.5. The Hall–Kier alpha value is -3.83. The van der Waals surface area contributed by atoms with Crippen LogP contribution in [0.2, 0.25) is 0 Å². The summed E-state index contributed by atoms with van der Waals surface area (Å²) in [5.74, 6) is 0.381. The molecule has 0 spiro atoms. The number of nitriles is 1. The fraction of sp³-hybridized carbons (Fsp3) is 0.222. The van der Waals surface area contributed by atoms with Gasteiger partial charge in [0.15, 0.2) is 5.78 Å². The average molecular weight is 451 g/mol. The van der Waals surface area contributed by atoms with Crippen molar-refractivity contribution in [3.8, 4) is 6.07 Å². The minimum atomic E-state index is -0.476. The summed E-state index contributed by atoms with van der Waals surface area (Å²) in [6.07, 6.45) is 4.44. The first-order chi connectivity index (χ1) is 16.7. The van der Waals surface area contributed by atoms with Crippen LogP contribution in [0.3, 0.4) is 0 Å². The Morgan fingerprint density at radius 1 is 1.09 bits per heavy atom. The Morgan fingerprint density at radius 3 is 2.59 bits per heavy atom. The van der Waals surface area contributed by atoms with Crippen molar-refractivity contribution >= 4 is 11.3 Å². The molecule has 3 N–H and O–H groups in total. The molecule has 4 aromatic rings. The van der Waals surface area contributed by atoms with Crippen molar-refractivity contribution in [3.05, 3.63) is 107 Å². The predicted molar refractivity (Wildman–Crippen MR) is 130 cm³/mol. The zero-order chi connectivity index (χ0) is 23.3. The maximum atomic E-state index is 13.7. The lowest BCUT2D eigenvalue weighted by Gasteiger charge is -2.18. The first-order valence-electron chi connectivity index (χ1n) is 11.5. The normalized spacial score (nSPS) is 14.8. The molecule has 0 radical (unpaired) electrons. The number of hydrazine groups is 1. The summed E-state index contributed by atoms with van der Waals surface area (Å²) in [5.41, 5.74) is 11.6. The topological polar surface area (TPSA) is 94.2 Å². The summed E-state index contributed by atoms with van der Waals surface area (Å²) < 4.78 is 1.81. The second-order valence-electron chi connectivity index (χ2n) is 8.53. The number of hydrogen-bond acceptors (Lipinski definition) is 6. The number of carbonyl (C=O) groups excluding carboxylic acids is 1. The lowest BCUT2D eigenvalue weighted by molar-refractivity contribution is 0.0945. The fourth-order valence-corrected chi connectivity index (χ4v) is 4.40. The Bertz CT molecular complexity index is 1320. The highest BCUT2D eigenvalue weighted by Gasteiger charge is 2.25. The Labute approximate surface area is 198 Å². The number of rotatable bonds is 8. The summed E-state index contributed by atoms with van der Waals surface area (Å²) in [7, 11) is 0. The molecule has 1 aliphatic heterocycles. The van der Waals surface area contributed by atoms with Crippen LogP contribution >= 0.6 is 0 Å². The van der Waals surface area contributed by atoms with E-state index in [9.17, 15) is 4.79 Å². The van der Waals surface area contributed by atoms with Crippen LogP contribution in [-0.2, 0) is 6.42 Å². The second kappa shape index (κ2) is 9.98. The van der Waals surface area contributed by atoms with E-state index in [1.54, 1.807) is 10.7 Å². The van der Waals surface area contributed by atoms with Gasteiger partial charge in [-0.25, -0.2) is 4.52 Å². The molecule has 5 rings (SSSR count). The van der Waals surface area contributed by atoms with Gasteiger partial charge in [-0.3, -0.25) is 15.6 Å². The van der Waals surface area contributed by atoms with Crippen molar-refractivity contribution in [2.24, 2.45) is 0 Å². The van der Waals surface area contributed by atoms with E-state index in [0.29, 0.717) is 23.6 Å². The molecule has 3 heterocycles. The lowest BCUT2D eigenvalue weighted by Crippen LogP contribution is -2.30. The van der Waals surface area contributed by atoms with Crippen LogP contribution in [-0.4, -0.2) is 35.0 Å². The van der Waals surface area contributed by atoms with Crippen LogP contribution in [0.15, 0.2) is 79.1 Å². The molecule has 7 nitrogen and oxygen atoms in total. The molecule has 2 aromatic carbocycles. The number of ketones is 1. The lowest BCUT2D eigenvalue weighted by atomic mass is 9.97. The number of aromatic nitrogens is 2. The minimum Gasteiger partial charge on any atom is -0.303 e. The number of carbonyl (C=O) groups is 1. The van der Waals surface area contributed by atoms with Gasteiger partial charge in [0.2, 0.25) is 0 Å². The maximum Gasteiger partial charge on any atom is 0.188 e. The van der Waals surface area contributed by atoms with E-state index < -0.39 is 6.04 Å². The highest BCUT2D eigenvalue weighted by molar-refractivity contribution is 6.05. The van der Waals surface area contributed by atoms with Gasteiger partial charge in [-0.2, -0.15) is 10.4 Å². The number of benzene rings is 2. The molecular formula is C27H26N6O. The predicted octanol–water partition coefficient (Wildman–Crippen LogP) is 3.15. The van der Waals surface area contributed by atoms with Gasteiger partial charge < -0.3 is 5.32 Å². The Kier molecular flexibility index (Phi) is 6.45. The highest BCUT2D eigenvalue weighted by Crippen LogP contribution is 2.24. The third kappa shape index (κ3) is 4.61. The highest BCUT2D eigenvalue weighted by atomic mass is 16.1. The molecule has 2 aromatic heterocycles. The summed E-state index contributed by atoms with van der Waals surface area (Å²) >= 11 is 0. The van der Waals surface area contributed by atoms with E-state index in [-0.39, 0.29) is 5.78 Å². The monoisotopic (exact) mass is 450 g/mol. The van der Waals surface area contributed by atoms with Crippen LogP contribution in [0.4, 0.5) is 0 Å². The molecule has 0 saturated carbocycles. The second-order valence-corrected chi connectivity index (χ2v) is 8.53. The number of fused-ring (bicyclic) bond motifs is 1. The molecule has 7 heteroatoms. The molecular weight excluding hydrogens is 424 g/mol. The Balaban J connectivity index is 1.37. The van der Waals surface area contributed by atoms with E-state index in [1.165, 1.54) is 5.56 Å². The molecule has 1 atom stereocenters. The van der Waals surface area contributed by atoms with Gasteiger partial charge in [0.25, 0.3) is 0 Å². The van der Waals surface area contributed by atoms with E-state index in [2.05, 4.69) is 33.4 Å². The van der Waals surface area contributed by atoms with Crippen molar-refractivity contribution in [1.82, 2.24) is 25.8 Å². The third-order valence-electron chi connectivity index (χ3n) is 6.34. The van der Waals surface area contributed by atoms with E-state index in [0.717, 1.165) is 36.2 Å². The zero-order valence-electron chi connectivity index (χ0n) is 18.7. The van der Waals surface area contributed by atoms with Crippen LogP contribution in [0.5, 0.6) is 0 Å². The molecule has 1 aliphatic rings. The molecule has 1 fully saturated rings. The van der Waals surface area contributed by atoms with Crippen LogP contribution in [0.25, 0.3) is 5.52 Å².